The second-order valence-electron chi connectivity index (χ2n) is 8.72. The Morgan fingerprint density at radius 3 is 2.32 bits per heavy atom. The maximum Gasteiger partial charge on any atom is 0.397 e. The maximum atomic E-state index is 13.1. The number of carboxylic acids is 1. The Hall–Kier alpha value is -3.41. The first-order chi connectivity index (χ1) is 16.5. The van der Waals surface area contributed by atoms with Gasteiger partial charge in [-0.15, -0.1) is 0 Å². The van der Waals surface area contributed by atoms with Crippen LogP contribution in [0.5, 0.6) is 0 Å². The van der Waals surface area contributed by atoms with E-state index in [0.29, 0.717) is 19.0 Å². The van der Waals surface area contributed by atoms with Gasteiger partial charge in [0, 0.05) is 19.0 Å². The summed E-state index contributed by atoms with van der Waals surface area (Å²) < 4.78 is 5.03. The van der Waals surface area contributed by atoms with Gasteiger partial charge < -0.3 is 19.5 Å². The third-order valence-corrected chi connectivity index (χ3v) is 6.37. The van der Waals surface area contributed by atoms with E-state index in [9.17, 15) is 19.5 Å². The van der Waals surface area contributed by atoms with E-state index in [4.69, 9.17) is 4.74 Å². The fourth-order valence-corrected chi connectivity index (χ4v) is 4.66. The van der Waals surface area contributed by atoms with Crippen molar-refractivity contribution < 1.29 is 24.2 Å². The molecule has 180 valence electrons. The van der Waals surface area contributed by atoms with Gasteiger partial charge in [-0.3, -0.25) is 4.79 Å². The molecule has 34 heavy (non-hydrogen) atoms. The molecule has 0 aliphatic heterocycles. The number of benzene rings is 2. The molecule has 0 heterocycles. The molecule has 3 rings (SSSR count). The van der Waals surface area contributed by atoms with E-state index in [1.807, 2.05) is 54.6 Å². The zero-order chi connectivity index (χ0) is 24.3. The van der Waals surface area contributed by atoms with Gasteiger partial charge in [-0.2, -0.15) is 0 Å². The van der Waals surface area contributed by atoms with Crippen LogP contribution in [0.2, 0.25) is 0 Å². The van der Waals surface area contributed by atoms with Crippen molar-refractivity contribution in [2.24, 2.45) is 5.92 Å². The molecule has 0 radical (unpaired) electrons. The first kappa shape index (κ1) is 25.2. The minimum Gasteiger partial charge on any atom is -0.545 e. The highest BCUT2D eigenvalue weighted by molar-refractivity contribution is 6.32. The van der Waals surface area contributed by atoms with Crippen molar-refractivity contribution in [2.75, 3.05) is 13.2 Å². The van der Waals surface area contributed by atoms with Gasteiger partial charge in [-0.1, -0.05) is 79.9 Å². The molecular formula is C28H32NO5-. The number of hydrogen-bond donors (Lipinski definition) is 0. The molecule has 1 aliphatic rings. The number of rotatable bonds is 9. The van der Waals surface area contributed by atoms with E-state index in [1.165, 1.54) is 12.5 Å². The Morgan fingerprint density at radius 2 is 1.71 bits per heavy atom. The van der Waals surface area contributed by atoms with Crippen LogP contribution in [0.1, 0.15) is 61.6 Å². The van der Waals surface area contributed by atoms with Gasteiger partial charge >= 0.3 is 11.9 Å². The first-order valence-corrected chi connectivity index (χ1v) is 12.0. The molecule has 0 spiro atoms. The minimum atomic E-state index is -1.24. The van der Waals surface area contributed by atoms with Crippen LogP contribution in [0.4, 0.5) is 0 Å². The van der Waals surface area contributed by atoms with E-state index in [-0.39, 0.29) is 12.5 Å². The van der Waals surface area contributed by atoms with Crippen LogP contribution in [0, 0.1) is 5.92 Å². The number of carbonyl (C=O) groups excluding carboxylic acids is 3. The summed E-state index contributed by atoms with van der Waals surface area (Å²) in [6, 6.07) is 17.4. The number of carboxylic acid groups (broad SMARTS) is 1. The molecule has 1 aliphatic carbocycles. The minimum absolute atomic E-state index is 0.0570. The third-order valence-electron chi connectivity index (χ3n) is 6.37. The molecule has 6 heteroatoms. The summed E-state index contributed by atoms with van der Waals surface area (Å²) in [4.78, 5) is 37.8. The standard InChI is InChI=1S/C28H33NO5/c1-2-34-28(33)27(32)29(19-22-9-5-3-6-10-22)20-25(23-11-7-4-8-12-23)24-16-13-21(14-17-24)15-18-26(30)31/h3,5-6,9-10,13-18,23,25H,2,4,7-8,11-12,19-20H2,1H3,(H,30,31)/p-1/b18-15+. The van der Waals surface area contributed by atoms with Crippen molar-refractivity contribution in [3.8, 4) is 0 Å². The number of esters is 1. The van der Waals surface area contributed by atoms with Crippen molar-refractivity contribution in [2.45, 2.75) is 51.5 Å². The molecule has 1 atom stereocenters. The van der Waals surface area contributed by atoms with Crippen LogP contribution in [0.25, 0.3) is 6.08 Å². The lowest BCUT2D eigenvalue weighted by Gasteiger charge is -2.34. The first-order valence-electron chi connectivity index (χ1n) is 12.0. The number of hydrogen-bond acceptors (Lipinski definition) is 5. The van der Waals surface area contributed by atoms with Crippen LogP contribution >= 0.6 is 0 Å². The third kappa shape index (κ3) is 7.30. The van der Waals surface area contributed by atoms with E-state index in [0.717, 1.165) is 48.4 Å². The Kier molecular flexibility index (Phi) is 9.44. The summed E-state index contributed by atoms with van der Waals surface area (Å²) in [5.74, 6) is -2.24. The van der Waals surface area contributed by atoms with Crippen molar-refractivity contribution in [3.05, 3.63) is 77.4 Å². The number of amides is 1. The molecular weight excluding hydrogens is 430 g/mol. The summed E-state index contributed by atoms with van der Waals surface area (Å²) in [5.41, 5.74) is 2.79. The summed E-state index contributed by atoms with van der Waals surface area (Å²) in [6.07, 6.45) is 8.17. The Bertz CT molecular complexity index is 978. The highest BCUT2D eigenvalue weighted by Gasteiger charge is 2.31. The number of carbonyl (C=O) groups is 3. The van der Waals surface area contributed by atoms with Gasteiger partial charge in [0.05, 0.1) is 12.6 Å². The SMILES string of the molecule is CCOC(=O)C(=O)N(Cc1ccccc1)CC(c1ccc(/C=C/C(=O)[O-])cc1)C1CCCCC1. The normalized spacial score (nSPS) is 15.1. The van der Waals surface area contributed by atoms with Crippen molar-refractivity contribution in [3.63, 3.8) is 0 Å². The topological polar surface area (TPSA) is 86.7 Å². The molecule has 2 aromatic carbocycles. The zero-order valence-electron chi connectivity index (χ0n) is 19.7. The van der Waals surface area contributed by atoms with E-state index in [2.05, 4.69) is 0 Å². The molecule has 0 aromatic heterocycles. The van der Waals surface area contributed by atoms with Gasteiger partial charge in [0.15, 0.2) is 0 Å². The molecule has 1 unspecified atom stereocenters. The second kappa shape index (κ2) is 12.7. The molecule has 1 saturated carbocycles. The molecule has 2 aromatic rings. The highest BCUT2D eigenvalue weighted by Crippen LogP contribution is 2.37. The average Bonchev–Trinajstić information content (AvgIpc) is 2.86. The molecule has 1 amide bonds. The van der Waals surface area contributed by atoms with Gasteiger partial charge in [-0.25, -0.2) is 4.79 Å². The van der Waals surface area contributed by atoms with Crippen LogP contribution in [0.3, 0.4) is 0 Å². The van der Waals surface area contributed by atoms with Gasteiger partial charge in [0.25, 0.3) is 0 Å². The van der Waals surface area contributed by atoms with Crippen LogP contribution < -0.4 is 5.11 Å². The predicted molar refractivity (Wildman–Crippen MR) is 128 cm³/mol. The lowest BCUT2D eigenvalue weighted by Crippen LogP contribution is -2.41. The Morgan fingerprint density at radius 1 is 1.03 bits per heavy atom. The molecule has 0 N–H and O–H groups in total. The summed E-state index contributed by atoms with van der Waals surface area (Å²) in [7, 11) is 0. The molecule has 6 nitrogen and oxygen atoms in total. The molecule has 0 bridgehead atoms. The van der Waals surface area contributed by atoms with Gasteiger partial charge in [0.2, 0.25) is 0 Å². The van der Waals surface area contributed by atoms with E-state index in [1.54, 1.807) is 11.8 Å². The fraction of sp³-hybridized carbons (Fsp3) is 0.393. The van der Waals surface area contributed by atoms with Crippen molar-refractivity contribution in [1.82, 2.24) is 4.90 Å². The number of aliphatic carboxylic acids is 1. The fourth-order valence-electron chi connectivity index (χ4n) is 4.66. The van der Waals surface area contributed by atoms with E-state index < -0.39 is 17.8 Å². The van der Waals surface area contributed by atoms with E-state index >= 15 is 0 Å². The zero-order valence-corrected chi connectivity index (χ0v) is 19.7. The largest absolute Gasteiger partial charge is 0.545 e. The van der Waals surface area contributed by atoms with Crippen LogP contribution in [-0.4, -0.2) is 35.9 Å². The smallest absolute Gasteiger partial charge is 0.397 e. The van der Waals surface area contributed by atoms with Gasteiger partial charge in [-0.05, 0) is 48.4 Å². The van der Waals surface area contributed by atoms with Crippen LogP contribution in [0.15, 0.2) is 60.7 Å². The quantitative estimate of drug-likeness (QED) is 0.322. The summed E-state index contributed by atoms with van der Waals surface area (Å²) in [6.45, 7) is 2.57. The predicted octanol–water partition coefficient (Wildman–Crippen LogP) is 3.71. The lowest BCUT2D eigenvalue weighted by molar-refractivity contribution is -0.297. The highest BCUT2D eigenvalue weighted by atomic mass is 16.5. The molecule has 1 fully saturated rings. The Labute approximate surface area is 201 Å². The molecule has 0 saturated heterocycles. The maximum absolute atomic E-state index is 13.1. The monoisotopic (exact) mass is 462 g/mol. The van der Waals surface area contributed by atoms with Gasteiger partial charge in [0.1, 0.15) is 0 Å². The van der Waals surface area contributed by atoms with Crippen LogP contribution in [-0.2, 0) is 25.7 Å². The summed E-state index contributed by atoms with van der Waals surface area (Å²) in [5, 5.41) is 10.7. The second-order valence-corrected chi connectivity index (χ2v) is 8.72. The van der Waals surface area contributed by atoms with Crippen molar-refractivity contribution in [1.29, 1.82) is 0 Å². The Balaban J connectivity index is 1.89. The summed E-state index contributed by atoms with van der Waals surface area (Å²) >= 11 is 0. The lowest BCUT2D eigenvalue weighted by atomic mass is 9.76. The number of ether oxygens (including phenoxy) is 1. The van der Waals surface area contributed by atoms with Crippen molar-refractivity contribution >= 4 is 23.9 Å². The average molecular weight is 463 g/mol. The number of nitrogens with zero attached hydrogens (tertiary/aromatic N) is 1.